The van der Waals surface area contributed by atoms with Gasteiger partial charge in [-0.15, -0.1) is 0 Å². The summed E-state index contributed by atoms with van der Waals surface area (Å²) >= 11 is 4.24. The molecule has 0 aliphatic rings. The third-order valence-electron chi connectivity index (χ3n) is 2.20. The summed E-state index contributed by atoms with van der Waals surface area (Å²) in [5.41, 5.74) is 0.952. The number of ether oxygens (including phenoxy) is 1. The number of hydrogen-bond acceptors (Lipinski definition) is 2. The largest absolute Gasteiger partial charge is 0.493 e. The fourth-order valence-corrected chi connectivity index (χ4v) is 1.14. The Labute approximate surface area is 96.1 Å². The van der Waals surface area contributed by atoms with Gasteiger partial charge in [0.2, 0.25) is 0 Å². The summed E-state index contributed by atoms with van der Waals surface area (Å²) in [6.07, 6.45) is 0. The molecule has 0 aliphatic carbocycles. The Hall–Kier alpha value is -0.700. The number of aryl methyl sites for hydroxylation is 1. The third kappa shape index (κ3) is 3.74. The van der Waals surface area contributed by atoms with E-state index in [1.54, 1.807) is 6.07 Å². The molecule has 0 saturated carbocycles. The maximum atomic E-state index is 13.0. The Kier molecular flexibility index (Phi) is 4.03. The first-order chi connectivity index (χ1) is 6.94. The third-order valence-corrected chi connectivity index (χ3v) is 3.05. The van der Waals surface area contributed by atoms with Gasteiger partial charge >= 0.3 is 0 Å². The summed E-state index contributed by atoms with van der Waals surface area (Å²) < 4.78 is 18.5. The molecule has 1 nitrogen and oxygen atoms in total. The van der Waals surface area contributed by atoms with Gasteiger partial charge in [-0.3, -0.25) is 0 Å². The lowest BCUT2D eigenvalue weighted by Gasteiger charge is -2.22. The Morgan fingerprint density at radius 1 is 1.40 bits per heavy atom. The molecule has 0 N–H and O–H groups in total. The van der Waals surface area contributed by atoms with Gasteiger partial charge in [0.15, 0.2) is 0 Å². The molecule has 0 aromatic heterocycles. The Bertz CT molecular complexity index is 336. The van der Waals surface area contributed by atoms with Crippen LogP contribution in [0.3, 0.4) is 0 Å². The van der Waals surface area contributed by atoms with Gasteiger partial charge in [0.1, 0.15) is 11.6 Å². The first-order valence-electron chi connectivity index (χ1n) is 4.94. The lowest BCUT2D eigenvalue weighted by atomic mass is 9.98. The van der Waals surface area contributed by atoms with Crippen LogP contribution in [0.25, 0.3) is 0 Å². The van der Waals surface area contributed by atoms with Crippen LogP contribution < -0.4 is 4.74 Å². The maximum absolute atomic E-state index is 13.0. The van der Waals surface area contributed by atoms with E-state index >= 15 is 0 Å². The van der Waals surface area contributed by atoms with Crippen LogP contribution in [0.5, 0.6) is 5.75 Å². The van der Waals surface area contributed by atoms with Gasteiger partial charge < -0.3 is 4.74 Å². The van der Waals surface area contributed by atoms with E-state index in [0.717, 1.165) is 11.3 Å². The normalized spacial score (nSPS) is 11.5. The quantitative estimate of drug-likeness (QED) is 0.776. The van der Waals surface area contributed by atoms with Gasteiger partial charge in [-0.05, 0) is 24.3 Å². The van der Waals surface area contributed by atoms with E-state index in [2.05, 4.69) is 26.5 Å². The van der Waals surface area contributed by atoms with Crippen LogP contribution in [0.15, 0.2) is 18.2 Å². The van der Waals surface area contributed by atoms with E-state index in [1.165, 1.54) is 12.1 Å². The molecular formula is C12H17FOS. The van der Waals surface area contributed by atoms with E-state index in [-0.39, 0.29) is 11.2 Å². The highest BCUT2D eigenvalue weighted by Crippen LogP contribution is 2.23. The van der Waals surface area contributed by atoms with Gasteiger partial charge in [0.05, 0.1) is 6.61 Å². The van der Waals surface area contributed by atoms with Crippen molar-refractivity contribution in [2.75, 3.05) is 12.4 Å². The fraction of sp³-hybridized carbons (Fsp3) is 0.500. The Morgan fingerprint density at radius 2 is 2.07 bits per heavy atom. The Balaban J connectivity index is 2.69. The molecule has 0 amide bonds. The van der Waals surface area contributed by atoms with Crippen LogP contribution in [0.2, 0.25) is 0 Å². The average Bonchev–Trinajstić information content (AvgIpc) is 2.20. The second-order valence-corrected chi connectivity index (χ2v) is 4.84. The van der Waals surface area contributed by atoms with Crippen molar-refractivity contribution >= 4 is 12.6 Å². The predicted molar refractivity (Wildman–Crippen MR) is 64.3 cm³/mol. The van der Waals surface area contributed by atoms with Crippen molar-refractivity contribution in [1.29, 1.82) is 0 Å². The minimum Gasteiger partial charge on any atom is -0.493 e. The summed E-state index contributed by atoms with van der Waals surface area (Å²) in [7, 11) is 0. The number of thiol groups is 1. The van der Waals surface area contributed by atoms with Gasteiger partial charge in [-0.2, -0.15) is 12.6 Å². The molecule has 0 radical (unpaired) electrons. The number of benzene rings is 1. The minimum absolute atomic E-state index is 0.00185. The highest BCUT2D eigenvalue weighted by Gasteiger charge is 2.17. The van der Waals surface area contributed by atoms with E-state index in [0.29, 0.717) is 12.4 Å². The van der Waals surface area contributed by atoms with Crippen molar-refractivity contribution in [3.63, 3.8) is 0 Å². The molecule has 0 unspecified atom stereocenters. The lowest BCUT2D eigenvalue weighted by molar-refractivity contribution is 0.200. The zero-order chi connectivity index (χ0) is 11.5. The molecule has 84 valence electrons. The molecule has 0 atom stereocenters. The van der Waals surface area contributed by atoms with Gasteiger partial charge in [-0.1, -0.05) is 19.9 Å². The fourth-order valence-electron chi connectivity index (χ4n) is 1.05. The summed E-state index contributed by atoms with van der Waals surface area (Å²) in [6.45, 7) is 6.58. The summed E-state index contributed by atoms with van der Waals surface area (Å²) in [4.78, 5) is 0. The average molecular weight is 228 g/mol. The van der Waals surface area contributed by atoms with E-state index < -0.39 is 0 Å². The van der Waals surface area contributed by atoms with E-state index in [4.69, 9.17) is 4.74 Å². The van der Waals surface area contributed by atoms with Gasteiger partial charge in [0, 0.05) is 11.5 Å². The minimum atomic E-state index is -0.265. The van der Waals surface area contributed by atoms with Gasteiger partial charge in [0.25, 0.3) is 0 Å². The lowest BCUT2D eigenvalue weighted by Crippen LogP contribution is -2.23. The van der Waals surface area contributed by atoms with Crippen molar-refractivity contribution in [2.45, 2.75) is 20.8 Å². The molecule has 0 bridgehead atoms. The number of rotatable bonds is 4. The zero-order valence-electron chi connectivity index (χ0n) is 9.38. The first-order valence-corrected chi connectivity index (χ1v) is 5.58. The molecule has 3 heteroatoms. The SMILES string of the molecule is Cc1ccc(F)cc1OCC(C)(C)CS. The topological polar surface area (TPSA) is 9.23 Å². The highest BCUT2D eigenvalue weighted by atomic mass is 32.1. The first kappa shape index (κ1) is 12.4. The highest BCUT2D eigenvalue weighted by molar-refractivity contribution is 7.80. The Morgan fingerprint density at radius 3 is 2.67 bits per heavy atom. The molecule has 15 heavy (non-hydrogen) atoms. The van der Waals surface area contributed by atoms with E-state index in [9.17, 15) is 4.39 Å². The van der Waals surface area contributed by atoms with Crippen LogP contribution in [-0.4, -0.2) is 12.4 Å². The molecule has 0 spiro atoms. The second kappa shape index (κ2) is 4.88. The zero-order valence-corrected chi connectivity index (χ0v) is 10.3. The van der Waals surface area contributed by atoms with Crippen molar-refractivity contribution in [3.8, 4) is 5.75 Å². The van der Waals surface area contributed by atoms with Crippen LogP contribution >= 0.6 is 12.6 Å². The molecule has 0 heterocycles. The smallest absolute Gasteiger partial charge is 0.126 e. The molecule has 0 aliphatic heterocycles. The van der Waals surface area contributed by atoms with Crippen molar-refractivity contribution in [2.24, 2.45) is 5.41 Å². The summed E-state index contributed by atoms with van der Waals surface area (Å²) in [6, 6.07) is 4.58. The number of hydrogen-bond donors (Lipinski definition) is 1. The molecule has 1 rings (SSSR count). The van der Waals surface area contributed by atoms with Crippen molar-refractivity contribution in [1.82, 2.24) is 0 Å². The van der Waals surface area contributed by atoms with Crippen LogP contribution in [-0.2, 0) is 0 Å². The van der Waals surface area contributed by atoms with Crippen LogP contribution in [0.4, 0.5) is 4.39 Å². The molecule has 0 fully saturated rings. The maximum Gasteiger partial charge on any atom is 0.126 e. The molecule has 0 saturated heterocycles. The molecular weight excluding hydrogens is 211 g/mol. The van der Waals surface area contributed by atoms with E-state index in [1.807, 2.05) is 6.92 Å². The molecule has 1 aromatic rings. The predicted octanol–water partition coefficient (Wildman–Crippen LogP) is 3.47. The van der Waals surface area contributed by atoms with Gasteiger partial charge in [-0.25, -0.2) is 4.39 Å². The van der Waals surface area contributed by atoms with Crippen molar-refractivity contribution in [3.05, 3.63) is 29.6 Å². The second-order valence-electron chi connectivity index (χ2n) is 4.52. The van der Waals surface area contributed by atoms with Crippen LogP contribution in [0, 0.1) is 18.2 Å². The summed E-state index contributed by atoms with van der Waals surface area (Å²) in [5.74, 6) is 1.09. The number of halogens is 1. The summed E-state index contributed by atoms with van der Waals surface area (Å²) in [5, 5.41) is 0. The molecule has 1 aromatic carbocycles. The monoisotopic (exact) mass is 228 g/mol. The van der Waals surface area contributed by atoms with Crippen molar-refractivity contribution < 1.29 is 9.13 Å². The standard InChI is InChI=1S/C12H17FOS/c1-9-4-5-10(13)6-11(9)14-7-12(2,3)8-15/h4-6,15H,7-8H2,1-3H3. The van der Waals surface area contributed by atoms with Crippen LogP contribution in [0.1, 0.15) is 19.4 Å².